The summed E-state index contributed by atoms with van der Waals surface area (Å²) in [6, 6.07) is 5.11. The number of aromatic nitrogens is 2. The van der Waals surface area contributed by atoms with Gasteiger partial charge in [0, 0.05) is 6.54 Å². The summed E-state index contributed by atoms with van der Waals surface area (Å²) in [5.74, 6) is -0.243. The lowest BCUT2D eigenvalue weighted by atomic mass is 9.92. The van der Waals surface area contributed by atoms with Crippen LogP contribution in [0.25, 0.3) is 11.0 Å². The first-order chi connectivity index (χ1) is 9.02. The molecule has 1 fully saturated rings. The second kappa shape index (κ2) is 4.08. The number of benzene rings is 1. The van der Waals surface area contributed by atoms with Crippen LogP contribution in [0.3, 0.4) is 0 Å². The van der Waals surface area contributed by atoms with Gasteiger partial charge < -0.3 is 9.67 Å². The highest BCUT2D eigenvalue weighted by atomic mass is 16.4. The predicted molar refractivity (Wildman–Crippen MR) is 73.2 cm³/mol. The first-order valence-electron chi connectivity index (χ1n) is 6.70. The van der Waals surface area contributed by atoms with Crippen LogP contribution in [0.15, 0.2) is 24.5 Å². The third-order valence-electron chi connectivity index (χ3n) is 4.47. The Labute approximate surface area is 112 Å². The Morgan fingerprint density at radius 2 is 2.21 bits per heavy atom. The molecule has 19 heavy (non-hydrogen) atoms. The molecule has 1 heterocycles. The van der Waals surface area contributed by atoms with Crippen LogP contribution in [-0.2, 0) is 6.54 Å². The molecule has 0 radical (unpaired) electrons. The highest BCUT2D eigenvalue weighted by Gasteiger charge is 2.45. The third kappa shape index (κ3) is 2.01. The molecule has 0 amide bonds. The number of carboxylic acids is 1. The van der Waals surface area contributed by atoms with Crippen molar-refractivity contribution in [3.05, 3.63) is 30.1 Å². The molecule has 0 bridgehead atoms. The number of hydrogen-bond donors (Lipinski definition) is 1. The fourth-order valence-corrected chi connectivity index (χ4v) is 2.73. The molecule has 1 aliphatic rings. The molecule has 0 atom stereocenters. The molecule has 4 nitrogen and oxygen atoms in total. The minimum absolute atomic E-state index is 0.323. The van der Waals surface area contributed by atoms with E-state index in [0.29, 0.717) is 16.9 Å². The van der Waals surface area contributed by atoms with Gasteiger partial charge in [0.2, 0.25) is 0 Å². The van der Waals surface area contributed by atoms with Gasteiger partial charge in [-0.05, 0) is 42.4 Å². The number of carboxylic acid groups (broad SMARTS) is 1. The molecule has 3 rings (SSSR count). The van der Waals surface area contributed by atoms with E-state index in [1.807, 2.05) is 6.33 Å². The maximum atomic E-state index is 11.1. The predicted octanol–water partition coefficient (Wildman–Crippen LogP) is 3.17. The van der Waals surface area contributed by atoms with Crippen LogP contribution in [-0.4, -0.2) is 20.6 Å². The smallest absolute Gasteiger partial charge is 0.335 e. The molecular formula is C15H18N2O2. The fourth-order valence-electron chi connectivity index (χ4n) is 2.73. The molecule has 100 valence electrons. The van der Waals surface area contributed by atoms with Crippen LogP contribution in [0.1, 0.15) is 37.0 Å². The minimum atomic E-state index is -0.889. The van der Waals surface area contributed by atoms with Crippen molar-refractivity contribution in [1.82, 2.24) is 9.55 Å². The SMILES string of the molecule is CC(C)C1(Cn2cnc3ccc(C(=O)O)cc32)CC1. The second-order valence-electron chi connectivity index (χ2n) is 5.90. The molecule has 0 spiro atoms. The highest BCUT2D eigenvalue weighted by Crippen LogP contribution is 2.53. The van der Waals surface area contributed by atoms with Gasteiger partial charge in [-0.25, -0.2) is 9.78 Å². The minimum Gasteiger partial charge on any atom is -0.478 e. The van der Waals surface area contributed by atoms with Crippen LogP contribution in [0.5, 0.6) is 0 Å². The molecule has 1 aromatic carbocycles. The molecule has 2 aromatic rings. The molecule has 4 heteroatoms. The lowest BCUT2D eigenvalue weighted by Gasteiger charge is -2.20. The van der Waals surface area contributed by atoms with Gasteiger partial charge in [-0.15, -0.1) is 0 Å². The van der Waals surface area contributed by atoms with Gasteiger partial charge in [0.25, 0.3) is 0 Å². The number of aromatic carboxylic acids is 1. The highest BCUT2D eigenvalue weighted by molar-refractivity contribution is 5.92. The van der Waals surface area contributed by atoms with Gasteiger partial charge >= 0.3 is 5.97 Å². The zero-order chi connectivity index (χ0) is 13.6. The number of fused-ring (bicyclic) bond motifs is 1. The van der Waals surface area contributed by atoms with Crippen molar-refractivity contribution in [2.24, 2.45) is 11.3 Å². The number of nitrogens with zero attached hydrogens (tertiary/aromatic N) is 2. The van der Waals surface area contributed by atoms with Crippen LogP contribution >= 0.6 is 0 Å². The summed E-state index contributed by atoms with van der Waals surface area (Å²) in [5.41, 5.74) is 2.49. The summed E-state index contributed by atoms with van der Waals surface area (Å²) in [7, 11) is 0. The number of hydrogen-bond acceptors (Lipinski definition) is 2. The normalized spacial score (nSPS) is 17.0. The van der Waals surface area contributed by atoms with Gasteiger partial charge in [0.15, 0.2) is 0 Å². The Morgan fingerprint density at radius 1 is 1.47 bits per heavy atom. The molecule has 0 aliphatic heterocycles. The van der Waals surface area contributed by atoms with Crippen molar-refractivity contribution in [1.29, 1.82) is 0 Å². The number of imidazole rings is 1. The Bertz CT molecular complexity index is 639. The summed E-state index contributed by atoms with van der Waals surface area (Å²) in [5, 5.41) is 9.08. The Morgan fingerprint density at radius 3 is 2.79 bits per heavy atom. The molecule has 0 saturated heterocycles. The summed E-state index contributed by atoms with van der Waals surface area (Å²) >= 11 is 0. The standard InChI is InChI=1S/C15H18N2O2/c1-10(2)15(5-6-15)8-17-9-16-12-4-3-11(14(18)19)7-13(12)17/h3-4,7,9-10H,5-6,8H2,1-2H3,(H,18,19). The third-order valence-corrected chi connectivity index (χ3v) is 4.47. The van der Waals surface area contributed by atoms with Crippen molar-refractivity contribution in [2.45, 2.75) is 33.2 Å². The van der Waals surface area contributed by atoms with Gasteiger partial charge in [0.05, 0.1) is 22.9 Å². The van der Waals surface area contributed by atoms with E-state index in [1.54, 1.807) is 18.2 Å². The van der Waals surface area contributed by atoms with Gasteiger partial charge in [-0.3, -0.25) is 0 Å². The van der Waals surface area contributed by atoms with E-state index in [4.69, 9.17) is 5.11 Å². The molecule has 1 aromatic heterocycles. The second-order valence-corrected chi connectivity index (χ2v) is 5.90. The van der Waals surface area contributed by atoms with E-state index < -0.39 is 5.97 Å². The summed E-state index contributed by atoms with van der Waals surface area (Å²) < 4.78 is 2.11. The van der Waals surface area contributed by atoms with Crippen molar-refractivity contribution < 1.29 is 9.90 Å². The largest absolute Gasteiger partial charge is 0.478 e. The lowest BCUT2D eigenvalue weighted by molar-refractivity contribution is 0.0697. The average Bonchev–Trinajstić information content (AvgIpc) is 3.05. The first kappa shape index (κ1) is 12.2. The summed E-state index contributed by atoms with van der Waals surface area (Å²) in [6.07, 6.45) is 4.34. The quantitative estimate of drug-likeness (QED) is 0.916. The molecule has 1 N–H and O–H groups in total. The van der Waals surface area contributed by atoms with E-state index in [-0.39, 0.29) is 0 Å². The van der Waals surface area contributed by atoms with Crippen LogP contribution in [0.4, 0.5) is 0 Å². The first-order valence-corrected chi connectivity index (χ1v) is 6.70. The maximum Gasteiger partial charge on any atom is 0.335 e. The average molecular weight is 258 g/mol. The summed E-state index contributed by atoms with van der Waals surface area (Å²) in [6.45, 7) is 5.45. The zero-order valence-corrected chi connectivity index (χ0v) is 11.3. The van der Waals surface area contributed by atoms with Gasteiger partial charge in [-0.1, -0.05) is 13.8 Å². The van der Waals surface area contributed by atoms with E-state index in [1.165, 1.54) is 12.8 Å². The van der Waals surface area contributed by atoms with Crippen LogP contribution in [0.2, 0.25) is 0 Å². The Kier molecular flexibility index (Phi) is 2.62. The van der Waals surface area contributed by atoms with Crippen LogP contribution in [0, 0.1) is 11.3 Å². The van der Waals surface area contributed by atoms with E-state index in [2.05, 4.69) is 23.4 Å². The number of rotatable bonds is 4. The summed E-state index contributed by atoms with van der Waals surface area (Å²) in [4.78, 5) is 15.4. The van der Waals surface area contributed by atoms with Crippen molar-refractivity contribution >= 4 is 17.0 Å². The van der Waals surface area contributed by atoms with E-state index in [0.717, 1.165) is 17.6 Å². The van der Waals surface area contributed by atoms with Gasteiger partial charge in [-0.2, -0.15) is 0 Å². The molecule has 0 unspecified atom stereocenters. The van der Waals surface area contributed by atoms with Crippen LogP contribution < -0.4 is 0 Å². The van der Waals surface area contributed by atoms with Gasteiger partial charge in [0.1, 0.15) is 0 Å². The molecular weight excluding hydrogens is 240 g/mol. The maximum absolute atomic E-state index is 11.1. The molecule has 1 aliphatic carbocycles. The fraction of sp³-hybridized carbons (Fsp3) is 0.467. The zero-order valence-electron chi connectivity index (χ0n) is 11.3. The Balaban J connectivity index is 2.00. The van der Waals surface area contributed by atoms with Crippen molar-refractivity contribution in [3.8, 4) is 0 Å². The van der Waals surface area contributed by atoms with E-state index >= 15 is 0 Å². The van der Waals surface area contributed by atoms with Crippen molar-refractivity contribution in [2.75, 3.05) is 0 Å². The Hall–Kier alpha value is -1.84. The lowest BCUT2D eigenvalue weighted by Crippen LogP contribution is -2.17. The van der Waals surface area contributed by atoms with E-state index in [9.17, 15) is 4.79 Å². The monoisotopic (exact) mass is 258 g/mol. The van der Waals surface area contributed by atoms with Crippen molar-refractivity contribution in [3.63, 3.8) is 0 Å². The topological polar surface area (TPSA) is 55.1 Å². The number of carbonyl (C=O) groups is 1. The molecule has 1 saturated carbocycles.